The van der Waals surface area contributed by atoms with E-state index in [1.54, 1.807) is 20.8 Å². The lowest BCUT2D eigenvalue weighted by atomic mass is 10.1. The predicted octanol–water partition coefficient (Wildman–Crippen LogP) is 22.7. The number of amides is 3. The van der Waals surface area contributed by atoms with E-state index in [1.165, 1.54) is 167 Å². The van der Waals surface area contributed by atoms with Crippen molar-refractivity contribution in [3.8, 4) is 0 Å². The highest BCUT2D eigenvalue weighted by molar-refractivity contribution is 5.78. The summed E-state index contributed by atoms with van der Waals surface area (Å²) < 4.78 is 0. The molecule has 498 valence electrons. The van der Waals surface area contributed by atoms with Gasteiger partial charge in [-0.3, -0.25) is 24.0 Å². The third kappa shape index (κ3) is 133. The Bertz CT molecular complexity index is 1380. The molecular formula is C75H147N3O6. The maximum absolute atomic E-state index is 11.1. The van der Waals surface area contributed by atoms with Gasteiger partial charge in [-0.1, -0.05) is 221 Å². The standard InChI is InChI=1S/C12H23NO.C10H21NO.C10H19NO.C10H20O.C10H18O.C9H18.C8H16O.C6H12/c1-3-5-6-7-8-9-11-13-12(14)10-4-2;2*1-3-4-5-6-7-8-9-11-10(2)12;2*1-3-5-6-7-9-10(11)8-4-2;1-3-5-7-9-8-6-4-2;1-3-4-5-6-7-8(2)9;1-3-5-6-4-2/h3H,1,4-11H2,2H3,(H,13,14);3-9H2,1-2H3,(H,11,12);3H,1,4-9H2,2H3,(H,11,12);3-9H2,1-2H3;3H,1,4-9H2,2H3;3H,1,4-9H2,2H3;3-7H2,1-2H3;3H,1,4-6H2,2H3. The highest BCUT2D eigenvalue weighted by atomic mass is 16.2. The number of carbonyl (C=O) groups excluding carboxylic acids is 6. The Kier molecular flexibility index (Phi) is 113. The molecule has 0 rings (SSSR count). The Morgan fingerprint density at radius 3 is 0.798 bits per heavy atom. The van der Waals surface area contributed by atoms with Crippen LogP contribution in [0.5, 0.6) is 0 Å². The first-order valence-electron chi connectivity index (χ1n) is 34.9. The largest absolute Gasteiger partial charge is 0.356 e. The molecule has 9 nitrogen and oxygen atoms in total. The molecule has 3 N–H and O–H groups in total. The fourth-order valence-electron chi connectivity index (χ4n) is 7.72. The summed E-state index contributed by atoms with van der Waals surface area (Å²) in [5.74, 6) is 1.54. The molecule has 0 aromatic heterocycles. The molecule has 0 atom stereocenters. The Hall–Kier alpha value is -3.88. The highest BCUT2D eigenvalue weighted by Crippen LogP contribution is 2.08. The molecule has 0 unspecified atom stereocenters. The van der Waals surface area contributed by atoms with Crippen molar-refractivity contribution in [1.29, 1.82) is 0 Å². The van der Waals surface area contributed by atoms with Crippen LogP contribution in [0, 0.1) is 0 Å². The van der Waals surface area contributed by atoms with Crippen molar-refractivity contribution in [1.82, 2.24) is 16.0 Å². The number of allylic oxidation sites excluding steroid dienone is 5. The third-order valence-corrected chi connectivity index (χ3v) is 12.9. The molecule has 0 radical (unpaired) electrons. The number of carbonyl (C=O) groups is 6. The maximum Gasteiger partial charge on any atom is 0.219 e. The number of rotatable bonds is 51. The van der Waals surface area contributed by atoms with Crippen LogP contribution in [0.25, 0.3) is 0 Å². The van der Waals surface area contributed by atoms with Gasteiger partial charge in [-0.15, -0.1) is 32.9 Å². The molecule has 0 aliphatic rings. The SMILES string of the molecule is C=CCCCC.C=CCCCCC(=O)CCC.C=CCCCCCCC.C=CCCCCCCNC(=O)CCC.C=CCCCCCCNC(C)=O.CCCCCCC(=O)CCC.CCCCCCC(C)=O.CCCCCCCCNC(C)=O. The Morgan fingerprint density at radius 1 is 0.262 bits per heavy atom. The second kappa shape index (κ2) is 98.2. The molecule has 84 heavy (non-hydrogen) atoms. The molecule has 0 aliphatic carbocycles. The fraction of sp³-hybridized carbons (Fsp3) is 0.787. The molecule has 0 aromatic rings. The predicted molar refractivity (Wildman–Crippen MR) is 375 cm³/mol. The van der Waals surface area contributed by atoms with Gasteiger partial charge in [0.05, 0.1) is 0 Å². The van der Waals surface area contributed by atoms with Crippen LogP contribution in [0.4, 0.5) is 0 Å². The van der Waals surface area contributed by atoms with Gasteiger partial charge >= 0.3 is 0 Å². The van der Waals surface area contributed by atoms with E-state index in [0.29, 0.717) is 23.8 Å². The van der Waals surface area contributed by atoms with E-state index in [2.05, 4.69) is 90.4 Å². The molecule has 0 spiro atoms. The van der Waals surface area contributed by atoms with Crippen molar-refractivity contribution in [2.45, 2.75) is 365 Å². The summed E-state index contributed by atoms with van der Waals surface area (Å²) in [6.45, 7) is 42.7. The van der Waals surface area contributed by atoms with Crippen LogP contribution in [0.15, 0.2) is 63.3 Å². The monoisotopic (exact) mass is 1190 g/mol. The second-order valence-electron chi connectivity index (χ2n) is 22.2. The van der Waals surface area contributed by atoms with Crippen molar-refractivity contribution in [2.24, 2.45) is 0 Å². The summed E-state index contributed by atoms with van der Waals surface area (Å²) in [6, 6.07) is 0. The van der Waals surface area contributed by atoms with Gasteiger partial charge in [-0.05, 0) is 122 Å². The number of unbranched alkanes of at least 4 members (excludes halogenated alkanes) is 28. The average molecular weight is 1190 g/mol. The fourth-order valence-corrected chi connectivity index (χ4v) is 7.72. The molecule has 0 aliphatic heterocycles. The first-order chi connectivity index (χ1) is 40.6. The molecule has 0 bridgehead atoms. The van der Waals surface area contributed by atoms with Crippen molar-refractivity contribution in [3.63, 3.8) is 0 Å². The summed E-state index contributed by atoms with van der Waals surface area (Å²) in [5, 5.41) is 8.49. The van der Waals surface area contributed by atoms with Crippen LogP contribution in [-0.4, -0.2) is 54.7 Å². The topological polar surface area (TPSA) is 139 Å². The van der Waals surface area contributed by atoms with Gasteiger partial charge in [-0.25, -0.2) is 0 Å². The van der Waals surface area contributed by atoms with Crippen LogP contribution in [-0.2, 0) is 28.8 Å². The van der Waals surface area contributed by atoms with E-state index in [-0.39, 0.29) is 17.7 Å². The zero-order valence-corrected chi connectivity index (χ0v) is 58.3. The van der Waals surface area contributed by atoms with Crippen LogP contribution in [0.3, 0.4) is 0 Å². The highest BCUT2D eigenvalue weighted by Gasteiger charge is 2.00. The molecule has 3 amide bonds. The van der Waals surface area contributed by atoms with E-state index >= 15 is 0 Å². The molecular weight excluding hydrogens is 1040 g/mol. The van der Waals surface area contributed by atoms with Gasteiger partial charge < -0.3 is 20.7 Å². The van der Waals surface area contributed by atoms with Crippen LogP contribution >= 0.6 is 0 Å². The Labute approximate surface area is 525 Å². The molecule has 0 heterocycles. The quantitative estimate of drug-likeness (QED) is 0.0410. The molecule has 0 saturated carbocycles. The van der Waals surface area contributed by atoms with Gasteiger partial charge in [-0.2, -0.15) is 0 Å². The lowest BCUT2D eigenvalue weighted by molar-refractivity contribution is -0.121. The van der Waals surface area contributed by atoms with Gasteiger partial charge in [0.15, 0.2) is 0 Å². The second-order valence-corrected chi connectivity index (χ2v) is 22.2. The Morgan fingerprint density at radius 2 is 0.512 bits per heavy atom. The van der Waals surface area contributed by atoms with Gasteiger partial charge in [0.1, 0.15) is 17.3 Å². The van der Waals surface area contributed by atoms with E-state index in [4.69, 9.17) is 0 Å². The van der Waals surface area contributed by atoms with Crippen LogP contribution < -0.4 is 16.0 Å². The van der Waals surface area contributed by atoms with Crippen LogP contribution in [0.1, 0.15) is 365 Å². The molecule has 0 aromatic carbocycles. The first kappa shape index (κ1) is 96.4. The molecule has 0 fully saturated rings. The van der Waals surface area contributed by atoms with Crippen molar-refractivity contribution >= 4 is 35.1 Å². The van der Waals surface area contributed by atoms with Crippen LogP contribution in [0.2, 0.25) is 0 Å². The van der Waals surface area contributed by atoms with Gasteiger partial charge in [0.25, 0.3) is 0 Å². The number of ketones is 3. The summed E-state index contributed by atoms with van der Waals surface area (Å²) in [4.78, 5) is 64.4. The van der Waals surface area contributed by atoms with E-state index in [9.17, 15) is 28.8 Å². The minimum atomic E-state index is 0.0705. The minimum absolute atomic E-state index is 0.0705. The van der Waals surface area contributed by atoms with Crippen molar-refractivity contribution in [3.05, 3.63) is 63.3 Å². The van der Waals surface area contributed by atoms with Crippen molar-refractivity contribution in [2.75, 3.05) is 19.6 Å². The van der Waals surface area contributed by atoms with E-state index in [1.807, 2.05) is 44.2 Å². The number of hydrogen-bond acceptors (Lipinski definition) is 6. The number of Topliss-reactive ketones (excluding diaryl/α,β-unsaturated/α-hetero) is 3. The molecule has 0 saturated heterocycles. The summed E-state index contributed by atoms with van der Waals surface area (Å²) in [7, 11) is 0. The van der Waals surface area contributed by atoms with Gasteiger partial charge in [0, 0.05) is 72.0 Å². The van der Waals surface area contributed by atoms with E-state index in [0.717, 1.165) is 135 Å². The molecule has 9 heteroatoms. The average Bonchev–Trinajstić information content (AvgIpc) is 3.46. The smallest absolute Gasteiger partial charge is 0.219 e. The first-order valence-corrected chi connectivity index (χ1v) is 34.9. The lowest BCUT2D eigenvalue weighted by Gasteiger charge is -2.03. The van der Waals surface area contributed by atoms with Gasteiger partial charge in [0.2, 0.25) is 17.7 Å². The zero-order valence-electron chi connectivity index (χ0n) is 58.3. The number of nitrogens with one attached hydrogen (secondary N) is 3. The van der Waals surface area contributed by atoms with Crippen molar-refractivity contribution < 1.29 is 28.8 Å². The zero-order chi connectivity index (χ0) is 65.1. The lowest BCUT2D eigenvalue weighted by Crippen LogP contribution is -2.23. The normalized spacial score (nSPS) is 9.56. The third-order valence-electron chi connectivity index (χ3n) is 12.9. The van der Waals surface area contributed by atoms with E-state index < -0.39 is 0 Å². The maximum atomic E-state index is 11.1. The summed E-state index contributed by atoms with van der Waals surface area (Å²) in [6.07, 6.45) is 61.4. The summed E-state index contributed by atoms with van der Waals surface area (Å²) in [5.41, 5.74) is 0. The minimum Gasteiger partial charge on any atom is -0.356 e. The summed E-state index contributed by atoms with van der Waals surface area (Å²) >= 11 is 0. The Balaban J connectivity index is -0.000000132. The number of hydrogen-bond donors (Lipinski definition) is 3.